The van der Waals surface area contributed by atoms with Gasteiger partial charge in [0.25, 0.3) is 0 Å². The summed E-state index contributed by atoms with van der Waals surface area (Å²) in [5.74, 6) is 1.91. The Hall–Kier alpha value is -1.49. The van der Waals surface area contributed by atoms with Crippen molar-refractivity contribution in [3.63, 3.8) is 0 Å². The van der Waals surface area contributed by atoms with Crippen LogP contribution in [0.4, 0.5) is 11.5 Å². The van der Waals surface area contributed by atoms with E-state index in [1.807, 2.05) is 13.0 Å². The smallest absolute Gasteiger partial charge is 0.239 e. The number of aromatic nitrogens is 1. The Morgan fingerprint density at radius 1 is 1.56 bits per heavy atom. The van der Waals surface area contributed by atoms with Crippen LogP contribution in [0.3, 0.4) is 0 Å². The SMILES string of the molecule is CC(CCO)Nc1ccc(N)c(OCC2CC2)n1. The monoisotopic (exact) mass is 251 g/mol. The minimum atomic E-state index is 0.161. The molecule has 0 bridgehead atoms. The highest BCUT2D eigenvalue weighted by Gasteiger charge is 2.22. The van der Waals surface area contributed by atoms with Crippen LogP contribution in [-0.2, 0) is 0 Å². The Morgan fingerprint density at radius 2 is 2.33 bits per heavy atom. The van der Waals surface area contributed by atoms with Gasteiger partial charge in [0.2, 0.25) is 5.88 Å². The number of hydrogen-bond acceptors (Lipinski definition) is 5. The number of ether oxygens (including phenoxy) is 1. The summed E-state index contributed by atoms with van der Waals surface area (Å²) >= 11 is 0. The Bertz CT molecular complexity index is 394. The van der Waals surface area contributed by atoms with Crippen molar-refractivity contribution in [2.75, 3.05) is 24.3 Å². The van der Waals surface area contributed by atoms with E-state index >= 15 is 0 Å². The summed E-state index contributed by atoms with van der Waals surface area (Å²) in [7, 11) is 0. The first kappa shape index (κ1) is 13.0. The molecule has 0 amide bonds. The van der Waals surface area contributed by atoms with E-state index in [1.165, 1.54) is 12.8 Å². The second-order valence-electron chi connectivity index (χ2n) is 4.90. The second-order valence-corrected chi connectivity index (χ2v) is 4.90. The molecule has 0 aromatic carbocycles. The van der Waals surface area contributed by atoms with Gasteiger partial charge in [-0.25, -0.2) is 0 Å². The van der Waals surface area contributed by atoms with Gasteiger partial charge in [-0.2, -0.15) is 4.98 Å². The van der Waals surface area contributed by atoms with E-state index in [0.29, 0.717) is 30.5 Å². The topological polar surface area (TPSA) is 80.4 Å². The van der Waals surface area contributed by atoms with Crippen LogP contribution in [0.2, 0.25) is 0 Å². The minimum absolute atomic E-state index is 0.161. The number of rotatable bonds is 7. The van der Waals surface area contributed by atoms with Crippen LogP contribution < -0.4 is 15.8 Å². The molecule has 1 aromatic rings. The van der Waals surface area contributed by atoms with Crippen LogP contribution >= 0.6 is 0 Å². The molecule has 1 heterocycles. The molecule has 5 heteroatoms. The van der Waals surface area contributed by atoms with Gasteiger partial charge in [-0.1, -0.05) is 0 Å². The number of hydrogen-bond donors (Lipinski definition) is 3. The molecule has 1 fully saturated rings. The molecule has 0 radical (unpaired) electrons. The molecule has 18 heavy (non-hydrogen) atoms. The number of nitrogens with two attached hydrogens (primary N) is 1. The van der Waals surface area contributed by atoms with E-state index in [0.717, 1.165) is 5.82 Å². The maximum absolute atomic E-state index is 8.86. The van der Waals surface area contributed by atoms with E-state index in [4.69, 9.17) is 15.6 Å². The second kappa shape index (κ2) is 5.91. The van der Waals surface area contributed by atoms with Gasteiger partial charge in [-0.15, -0.1) is 0 Å². The molecule has 5 nitrogen and oxygen atoms in total. The van der Waals surface area contributed by atoms with Gasteiger partial charge in [0.15, 0.2) is 0 Å². The summed E-state index contributed by atoms with van der Waals surface area (Å²) in [6, 6.07) is 3.79. The van der Waals surface area contributed by atoms with Crippen molar-refractivity contribution in [3.05, 3.63) is 12.1 Å². The van der Waals surface area contributed by atoms with Gasteiger partial charge < -0.3 is 20.9 Å². The maximum atomic E-state index is 8.86. The zero-order valence-corrected chi connectivity index (χ0v) is 10.7. The van der Waals surface area contributed by atoms with E-state index in [-0.39, 0.29) is 12.6 Å². The quantitative estimate of drug-likeness (QED) is 0.686. The average Bonchev–Trinajstić information content (AvgIpc) is 3.14. The van der Waals surface area contributed by atoms with Crippen molar-refractivity contribution in [1.82, 2.24) is 4.98 Å². The minimum Gasteiger partial charge on any atom is -0.476 e. The number of pyridine rings is 1. The predicted octanol–water partition coefficient (Wildman–Crippen LogP) is 1.64. The van der Waals surface area contributed by atoms with Crippen LogP contribution in [0, 0.1) is 5.92 Å². The lowest BCUT2D eigenvalue weighted by atomic mass is 10.2. The molecule has 1 aliphatic carbocycles. The highest BCUT2D eigenvalue weighted by molar-refractivity contribution is 5.53. The highest BCUT2D eigenvalue weighted by Crippen LogP contribution is 2.30. The Kier molecular flexibility index (Phi) is 4.25. The number of aliphatic hydroxyl groups excluding tert-OH is 1. The van der Waals surface area contributed by atoms with Gasteiger partial charge in [-0.05, 0) is 44.2 Å². The molecule has 1 aliphatic rings. The number of aliphatic hydroxyl groups is 1. The Labute approximate surface area is 107 Å². The third-order valence-electron chi connectivity index (χ3n) is 3.00. The van der Waals surface area contributed by atoms with E-state index in [9.17, 15) is 0 Å². The zero-order valence-electron chi connectivity index (χ0n) is 10.7. The van der Waals surface area contributed by atoms with Crippen LogP contribution in [0.1, 0.15) is 26.2 Å². The third-order valence-corrected chi connectivity index (χ3v) is 3.00. The first-order chi connectivity index (χ1) is 8.69. The van der Waals surface area contributed by atoms with E-state index in [1.54, 1.807) is 6.07 Å². The first-order valence-corrected chi connectivity index (χ1v) is 6.45. The molecule has 4 N–H and O–H groups in total. The molecule has 1 unspecified atom stereocenters. The fourth-order valence-corrected chi connectivity index (χ4v) is 1.65. The van der Waals surface area contributed by atoms with E-state index < -0.39 is 0 Å². The molecule has 0 spiro atoms. The van der Waals surface area contributed by atoms with Crippen molar-refractivity contribution >= 4 is 11.5 Å². The average molecular weight is 251 g/mol. The van der Waals surface area contributed by atoms with Crippen LogP contribution in [0.5, 0.6) is 5.88 Å². The normalized spacial score (nSPS) is 16.3. The summed E-state index contributed by atoms with van der Waals surface area (Å²) < 4.78 is 5.62. The lowest BCUT2D eigenvalue weighted by molar-refractivity contribution is 0.281. The third kappa shape index (κ3) is 3.77. The standard InChI is InChI=1S/C13H21N3O2/c1-9(6-7-17)15-12-5-4-11(14)13(16-12)18-8-10-2-3-10/h4-5,9-10,17H,2-3,6-8,14H2,1H3,(H,15,16). The summed E-state index contributed by atoms with van der Waals surface area (Å²) in [5.41, 5.74) is 6.40. The van der Waals surface area contributed by atoms with Crippen LogP contribution in [0.15, 0.2) is 12.1 Å². The largest absolute Gasteiger partial charge is 0.476 e. The van der Waals surface area contributed by atoms with Crippen molar-refractivity contribution in [3.8, 4) is 5.88 Å². The van der Waals surface area contributed by atoms with E-state index in [2.05, 4.69) is 10.3 Å². The summed E-state index contributed by atoms with van der Waals surface area (Å²) in [4.78, 5) is 4.35. The molecular weight excluding hydrogens is 230 g/mol. The number of nitrogens with one attached hydrogen (secondary N) is 1. The molecule has 0 saturated heterocycles. The van der Waals surface area contributed by atoms with Crippen LogP contribution in [-0.4, -0.2) is 29.3 Å². The molecule has 1 aromatic heterocycles. The highest BCUT2D eigenvalue weighted by atomic mass is 16.5. The van der Waals surface area contributed by atoms with Crippen molar-refractivity contribution < 1.29 is 9.84 Å². The Balaban J connectivity index is 1.95. The zero-order chi connectivity index (χ0) is 13.0. The van der Waals surface area contributed by atoms with Gasteiger partial charge in [0.05, 0.1) is 12.3 Å². The number of nitrogen functional groups attached to an aromatic ring is 1. The van der Waals surface area contributed by atoms with Gasteiger partial charge in [0, 0.05) is 12.6 Å². The first-order valence-electron chi connectivity index (χ1n) is 6.45. The predicted molar refractivity (Wildman–Crippen MR) is 71.7 cm³/mol. The number of anilines is 2. The van der Waals surface area contributed by atoms with Gasteiger partial charge in [-0.3, -0.25) is 0 Å². The molecule has 1 atom stereocenters. The lowest BCUT2D eigenvalue weighted by Gasteiger charge is -2.15. The maximum Gasteiger partial charge on any atom is 0.239 e. The summed E-state index contributed by atoms with van der Waals surface area (Å²) in [6.07, 6.45) is 3.17. The molecule has 2 rings (SSSR count). The van der Waals surface area contributed by atoms with Crippen molar-refractivity contribution in [2.45, 2.75) is 32.2 Å². The van der Waals surface area contributed by atoms with Crippen molar-refractivity contribution in [1.29, 1.82) is 0 Å². The lowest BCUT2D eigenvalue weighted by Crippen LogP contribution is -2.17. The summed E-state index contributed by atoms with van der Waals surface area (Å²) in [6.45, 7) is 2.86. The number of nitrogens with zero attached hydrogens (tertiary/aromatic N) is 1. The van der Waals surface area contributed by atoms with Gasteiger partial charge in [0.1, 0.15) is 5.82 Å². The van der Waals surface area contributed by atoms with Crippen LogP contribution in [0.25, 0.3) is 0 Å². The molecular formula is C13H21N3O2. The fourth-order valence-electron chi connectivity index (χ4n) is 1.65. The molecule has 1 saturated carbocycles. The molecule has 0 aliphatic heterocycles. The van der Waals surface area contributed by atoms with Gasteiger partial charge >= 0.3 is 0 Å². The Morgan fingerprint density at radius 3 is 3.00 bits per heavy atom. The fraction of sp³-hybridized carbons (Fsp3) is 0.615. The molecule has 100 valence electrons. The summed E-state index contributed by atoms with van der Waals surface area (Å²) in [5, 5.41) is 12.1. The van der Waals surface area contributed by atoms with Crippen molar-refractivity contribution in [2.24, 2.45) is 5.92 Å².